The minimum atomic E-state index is -4.68. The first kappa shape index (κ1) is 37.2. The number of halogens is 3. The van der Waals surface area contributed by atoms with E-state index in [1.54, 1.807) is 32.5 Å². The molecule has 4 aromatic rings. The van der Waals surface area contributed by atoms with Gasteiger partial charge in [-0.15, -0.1) is 0 Å². The van der Waals surface area contributed by atoms with Gasteiger partial charge in [-0.05, 0) is 58.7 Å². The van der Waals surface area contributed by atoms with E-state index in [0.29, 0.717) is 42.3 Å². The molecular weight excluding hydrogens is 679 g/mol. The standard InChI is InChI=1S/C36H46F3N9O4/c1-6-52-34-25(36(37,38)39)13-24(15-42-34)26-14-28(46(4)20-35(21-51-5)10-8-11-35)31-33(43-26)45-32(44-31)27-16-41-29(17-40-27)47-18-22(2)48(23(3)19-47)12-7-9-30(49)50/h13-17,22-23H,6-12,18-21H2,1-5H3,(H,49,50)(H,43,44,45)/t22-,23+. The minimum Gasteiger partial charge on any atom is -0.481 e. The van der Waals surface area contributed by atoms with Gasteiger partial charge < -0.3 is 29.4 Å². The number of piperazine rings is 1. The first-order valence-electron chi connectivity index (χ1n) is 17.7. The van der Waals surface area contributed by atoms with Crippen LogP contribution in [0.5, 0.6) is 5.88 Å². The van der Waals surface area contributed by atoms with E-state index in [1.165, 1.54) is 6.20 Å². The molecule has 1 aliphatic heterocycles. The summed E-state index contributed by atoms with van der Waals surface area (Å²) in [7, 11) is 3.65. The lowest BCUT2D eigenvalue weighted by atomic mass is 9.69. The number of alkyl halides is 3. The molecule has 1 aliphatic carbocycles. The van der Waals surface area contributed by atoms with Crippen molar-refractivity contribution in [2.45, 2.75) is 71.1 Å². The van der Waals surface area contributed by atoms with Crippen molar-refractivity contribution in [3.63, 3.8) is 0 Å². The molecule has 0 spiro atoms. The average Bonchev–Trinajstić information content (AvgIpc) is 3.52. The molecule has 13 nitrogen and oxygen atoms in total. The monoisotopic (exact) mass is 725 g/mol. The van der Waals surface area contributed by atoms with Crippen molar-refractivity contribution < 1.29 is 32.5 Å². The fraction of sp³-hybridized carbons (Fsp3) is 0.556. The molecule has 0 radical (unpaired) electrons. The lowest BCUT2D eigenvalue weighted by Gasteiger charge is -2.44. The summed E-state index contributed by atoms with van der Waals surface area (Å²) < 4.78 is 53.0. The third kappa shape index (κ3) is 7.92. The molecule has 52 heavy (non-hydrogen) atoms. The molecular formula is C36H46F3N9O4. The predicted molar refractivity (Wildman–Crippen MR) is 190 cm³/mol. The van der Waals surface area contributed by atoms with E-state index in [1.807, 2.05) is 7.05 Å². The second-order valence-electron chi connectivity index (χ2n) is 14.1. The fourth-order valence-corrected chi connectivity index (χ4v) is 7.51. The Morgan fingerprint density at radius 1 is 1.08 bits per heavy atom. The van der Waals surface area contributed by atoms with Crippen LogP contribution in [-0.2, 0) is 15.7 Å². The molecule has 2 fully saturated rings. The van der Waals surface area contributed by atoms with Gasteiger partial charge in [-0.25, -0.2) is 24.9 Å². The van der Waals surface area contributed by atoms with E-state index in [4.69, 9.17) is 34.5 Å². The highest BCUT2D eigenvalue weighted by molar-refractivity contribution is 5.91. The maximum Gasteiger partial charge on any atom is 0.421 e. The molecule has 2 aliphatic rings. The van der Waals surface area contributed by atoms with Gasteiger partial charge in [0.25, 0.3) is 0 Å². The topological polar surface area (TPSA) is 146 Å². The van der Waals surface area contributed by atoms with Gasteiger partial charge in [-0.2, -0.15) is 13.2 Å². The number of nitrogens with zero attached hydrogens (tertiary/aromatic N) is 8. The van der Waals surface area contributed by atoms with Gasteiger partial charge in [0, 0.05) is 69.5 Å². The molecule has 1 saturated heterocycles. The van der Waals surface area contributed by atoms with Gasteiger partial charge in [0.05, 0.1) is 37.0 Å². The Morgan fingerprint density at radius 2 is 1.83 bits per heavy atom. The number of fused-ring (bicyclic) bond motifs is 1. The van der Waals surface area contributed by atoms with Crippen molar-refractivity contribution in [1.82, 2.24) is 34.8 Å². The summed E-state index contributed by atoms with van der Waals surface area (Å²) in [6.07, 6.45) is 3.91. The van der Waals surface area contributed by atoms with Crippen LogP contribution in [0.1, 0.15) is 58.4 Å². The van der Waals surface area contributed by atoms with E-state index in [9.17, 15) is 18.0 Å². The highest BCUT2D eigenvalue weighted by atomic mass is 19.4. The average molecular weight is 726 g/mol. The number of carbonyl (C=O) groups is 1. The number of anilines is 2. The van der Waals surface area contributed by atoms with E-state index in [0.717, 1.165) is 56.5 Å². The summed E-state index contributed by atoms with van der Waals surface area (Å²) in [5, 5.41) is 9.04. The molecule has 1 saturated carbocycles. The van der Waals surface area contributed by atoms with Gasteiger partial charge in [0.1, 0.15) is 22.6 Å². The zero-order valence-electron chi connectivity index (χ0n) is 30.2. The number of hydrogen-bond donors (Lipinski definition) is 2. The molecule has 0 amide bonds. The highest BCUT2D eigenvalue weighted by Gasteiger charge is 2.39. The molecule has 280 valence electrons. The van der Waals surface area contributed by atoms with Crippen molar-refractivity contribution in [1.29, 1.82) is 0 Å². The third-order valence-electron chi connectivity index (χ3n) is 10.1. The minimum absolute atomic E-state index is 0.0352. The summed E-state index contributed by atoms with van der Waals surface area (Å²) in [5.74, 6) is -0.118. The van der Waals surface area contributed by atoms with E-state index >= 15 is 0 Å². The summed E-state index contributed by atoms with van der Waals surface area (Å²) in [6.45, 7) is 9.34. The molecule has 2 N–H and O–H groups in total. The summed E-state index contributed by atoms with van der Waals surface area (Å²) in [6, 6.07) is 3.18. The lowest BCUT2D eigenvalue weighted by Crippen LogP contribution is -2.57. The zero-order chi connectivity index (χ0) is 37.2. The quantitative estimate of drug-likeness (QED) is 0.159. The Balaban J connectivity index is 1.32. The maximum atomic E-state index is 14.1. The van der Waals surface area contributed by atoms with Crippen LogP contribution in [0.2, 0.25) is 0 Å². The van der Waals surface area contributed by atoms with Crippen molar-refractivity contribution in [2.24, 2.45) is 5.41 Å². The number of hydrogen-bond acceptors (Lipinski definition) is 11. The summed E-state index contributed by atoms with van der Waals surface area (Å²) >= 11 is 0. The number of aliphatic carboxylic acids is 1. The lowest BCUT2D eigenvalue weighted by molar-refractivity contribution is -0.139. The predicted octanol–water partition coefficient (Wildman–Crippen LogP) is 5.91. The molecule has 0 bridgehead atoms. The van der Waals surface area contributed by atoms with Crippen LogP contribution in [0.25, 0.3) is 33.9 Å². The van der Waals surface area contributed by atoms with Crippen LogP contribution >= 0.6 is 0 Å². The number of nitrogens with one attached hydrogen (secondary N) is 1. The fourth-order valence-electron chi connectivity index (χ4n) is 7.51. The highest BCUT2D eigenvalue weighted by Crippen LogP contribution is 2.44. The smallest absolute Gasteiger partial charge is 0.421 e. The second kappa shape index (κ2) is 15.2. The third-order valence-corrected chi connectivity index (χ3v) is 10.1. The molecule has 0 aromatic carbocycles. The second-order valence-corrected chi connectivity index (χ2v) is 14.1. The Bertz CT molecular complexity index is 1850. The summed E-state index contributed by atoms with van der Waals surface area (Å²) in [5.41, 5.74) is 1.61. The number of carboxylic acids is 1. The number of H-pyrrole nitrogens is 1. The molecule has 6 rings (SSSR count). The van der Waals surface area contributed by atoms with E-state index in [2.05, 4.69) is 38.5 Å². The normalized spacial score (nSPS) is 19.1. The van der Waals surface area contributed by atoms with Gasteiger partial charge in [-0.3, -0.25) is 9.69 Å². The summed E-state index contributed by atoms with van der Waals surface area (Å²) in [4.78, 5) is 43.9. The van der Waals surface area contributed by atoms with Crippen molar-refractivity contribution >= 4 is 28.6 Å². The Kier molecular flexibility index (Phi) is 10.9. The number of aromatic amines is 1. The number of methoxy groups -OCH3 is 1. The van der Waals surface area contributed by atoms with Crippen LogP contribution in [0.15, 0.2) is 30.7 Å². The van der Waals surface area contributed by atoms with Crippen LogP contribution in [0.4, 0.5) is 24.7 Å². The Hall–Kier alpha value is -4.57. The molecule has 0 unspecified atom stereocenters. The van der Waals surface area contributed by atoms with Gasteiger partial charge in [0.2, 0.25) is 5.88 Å². The van der Waals surface area contributed by atoms with Crippen LogP contribution in [-0.4, -0.2) is 112 Å². The zero-order valence-corrected chi connectivity index (χ0v) is 30.2. The van der Waals surface area contributed by atoms with Crippen LogP contribution in [0.3, 0.4) is 0 Å². The Morgan fingerprint density at radius 3 is 2.42 bits per heavy atom. The molecule has 16 heteroatoms. The first-order valence-corrected chi connectivity index (χ1v) is 17.7. The van der Waals surface area contributed by atoms with E-state index < -0.39 is 23.6 Å². The van der Waals surface area contributed by atoms with Crippen molar-refractivity contribution in [2.75, 3.05) is 63.4 Å². The van der Waals surface area contributed by atoms with Crippen LogP contribution < -0.4 is 14.5 Å². The largest absolute Gasteiger partial charge is 0.481 e. The van der Waals surface area contributed by atoms with Crippen molar-refractivity contribution in [3.05, 3.63) is 36.3 Å². The number of aromatic nitrogens is 6. The number of carboxylic acid groups (broad SMARTS) is 1. The number of pyridine rings is 2. The molecule has 5 heterocycles. The number of rotatable bonds is 14. The SMILES string of the molecule is CCOc1ncc(-c2cc(N(C)CC3(COC)CCC3)c3[nH]c(-c4cnc(N5C[C@@H](C)N(CCCC(=O)O)[C@@H](C)C5)cn4)nc3n2)cc1C(F)(F)F. The molecule has 4 aromatic heterocycles. The van der Waals surface area contributed by atoms with Gasteiger partial charge in [0.15, 0.2) is 11.5 Å². The molecule has 2 atom stereocenters. The van der Waals surface area contributed by atoms with Crippen LogP contribution in [0, 0.1) is 5.41 Å². The first-order chi connectivity index (χ1) is 24.8. The number of ether oxygens (including phenoxy) is 2. The Labute approximate surface area is 300 Å². The number of imidazole rings is 1. The van der Waals surface area contributed by atoms with Gasteiger partial charge >= 0.3 is 12.1 Å². The van der Waals surface area contributed by atoms with Crippen molar-refractivity contribution in [3.8, 4) is 28.7 Å². The maximum absolute atomic E-state index is 14.1. The van der Waals surface area contributed by atoms with E-state index in [-0.39, 0.29) is 41.8 Å². The van der Waals surface area contributed by atoms with Gasteiger partial charge in [-0.1, -0.05) is 6.42 Å².